The molecule has 0 bridgehead atoms. The third-order valence-electron chi connectivity index (χ3n) is 3.46. The summed E-state index contributed by atoms with van der Waals surface area (Å²) in [7, 11) is -6.51. The fourth-order valence-corrected chi connectivity index (χ4v) is 4.80. The first kappa shape index (κ1) is 19.4. The van der Waals surface area contributed by atoms with E-state index >= 15 is 0 Å². The molecule has 10 nitrogen and oxygen atoms in total. The minimum absolute atomic E-state index is 0.000453. The number of nitrogens with zero attached hydrogens (tertiary/aromatic N) is 4. The molecule has 2 aromatic rings. The minimum Gasteiger partial charge on any atom is -0.352 e. The molecule has 1 saturated heterocycles. The Bertz CT molecular complexity index is 817. The van der Waals surface area contributed by atoms with Crippen LogP contribution in [0, 0.1) is 0 Å². The van der Waals surface area contributed by atoms with Gasteiger partial charge in [0.25, 0.3) is 0 Å². The molecule has 2 unspecified atom stereocenters. The van der Waals surface area contributed by atoms with Gasteiger partial charge in [-0.2, -0.15) is 4.98 Å². The highest BCUT2D eigenvalue weighted by atomic mass is 35.5. The molecule has 0 spiro atoms. The molecular formula is C11H14Cl2N4O6P2. The van der Waals surface area contributed by atoms with Crippen molar-refractivity contribution in [3.8, 4) is 0 Å². The fourth-order valence-electron chi connectivity index (χ4n) is 2.45. The zero-order valence-corrected chi connectivity index (χ0v) is 15.9. The lowest BCUT2D eigenvalue weighted by molar-refractivity contribution is -0.0155. The zero-order chi connectivity index (χ0) is 18.2. The number of halogens is 2. The molecular weight excluding hydrogens is 417 g/mol. The van der Waals surface area contributed by atoms with Crippen molar-refractivity contribution in [3.63, 3.8) is 0 Å². The summed E-state index contributed by atoms with van der Waals surface area (Å²) >= 11 is 11.8. The van der Waals surface area contributed by atoms with Gasteiger partial charge in [-0.1, -0.05) is 11.6 Å². The van der Waals surface area contributed by atoms with Crippen molar-refractivity contribution in [1.29, 1.82) is 0 Å². The SMILES string of the molecule is O=P(O)(O)CP(O)OC[C@@H]1CCC(n2cnc3c(Cl)nc(Cl)nc32)O1. The number of hydrogen-bond donors (Lipinski definition) is 3. The molecule has 14 heteroatoms. The van der Waals surface area contributed by atoms with E-state index in [9.17, 15) is 9.46 Å². The topological polar surface area (TPSA) is 140 Å². The first-order chi connectivity index (χ1) is 11.7. The normalized spacial score (nSPS) is 22.6. The maximum atomic E-state index is 10.8. The molecule has 3 N–H and O–H groups in total. The highest BCUT2D eigenvalue weighted by Gasteiger charge is 2.30. The van der Waals surface area contributed by atoms with Crippen molar-refractivity contribution in [3.05, 3.63) is 16.8 Å². The third kappa shape index (κ3) is 4.86. The van der Waals surface area contributed by atoms with Crippen LogP contribution in [0.2, 0.25) is 10.4 Å². The largest absolute Gasteiger partial charge is 0.352 e. The number of ether oxygens (including phenoxy) is 1. The van der Waals surface area contributed by atoms with Crippen LogP contribution in [0.4, 0.5) is 0 Å². The molecule has 1 fully saturated rings. The van der Waals surface area contributed by atoms with Crippen LogP contribution in [0.3, 0.4) is 0 Å². The van der Waals surface area contributed by atoms with E-state index in [1.807, 2.05) is 0 Å². The Labute approximate surface area is 153 Å². The van der Waals surface area contributed by atoms with Gasteiger partial charge in [-0.15, -0.1) is 0 Å². The van der Waals surface area contributed by atoms with Crippen LogP contribution in [-0.2, 0) is 13.8 Å². The van der Waals surface area contributed by atoms with E-state index in [1.165, 1.54) is 6.33 Å². The maximum absolute atomic E-state index is 10.8. The zero-order valence-electron chi connectivity index (χ0n) is 12.6. The van der Waals surface area contributed by atoms with Crippen LogP contribution in [0.1, 0.15) is 19.1 Å². The standard InChI is InChI=1S/C11H14Cl2N4O6P2/c12-9-8-10(16-11(13)15-9)17(4-14-8)7-2-1-6(23-7)3-22-24(18)5-25(19,20)21/h4,6-7,18H,1-3,5H2,(H2,19,20,21)/t6-,7?,24?/m0/s1. The van der Waals surface area contributed by atoms with Crippen molar-refractivity contribution < 1.29 is 28.5 Å². The van der Waals surface area contributed by atoms with Crippen molar-refractivity contribution in [1.82, 2.24) is 19.5 Å². The van der Waals surface area contributed by atoms with Crippen LogP contribution in [0.5, 0.6) is 0 Å². The molecule has 3 atom stereocenters. The Morgan fingerprint density at radius 1 is 1.40 bits per heavy atom. The van der Waals surface area contributed by atoms with E-state index < -0.39 is 21.9 Å². The molecule has 0 aromatic carbocycles. The van der Waals surface area contributed by atoms with Crippen LogP contribution in [-0.4, -0.2) is 52.8 Å². The average molecular weight is 431 g/mol. The maximum Gasteiger partial charge on any atom is 0.334 e. The molecule has 25 heavy (non-hydrogen) atoms. The Hall–Kier alpha value is -0.410. The van der Waals surface area contributed by atoms with Crippen molar-refractivity contribution >= 4 is 50.3 Å². The number of aromatic nitrogens is 4. The highest BCUT2D eigenvalue weighted by molar-refractivity contribution is 7.67. The molecule has 1 aliphatic rings. The monoisotopic (exact) mass is 430 g/mol. The summed E-state index contributed by atoms with van der Waals surface area (Å²) in [6.45, 7) is 0.0296. The second kappa shape index (κ2) is 7.68. The van der Waals surface area contributed by atoms with Gasteiger partial charge in [-0.25, -0.2) is 9.97 Å². The smallest absolute Gasteiger partial charge is 0.334 e. The molecule has 138 valence electrons. The Kier molecular flexibility index (Phi) is 5.95. The summed E-state index contributed by atoms with van der Waals surface area (Å²) in [6.07, 6.45) is 2.11. The first-order valence-electron chi connectivity index (χ1n) is 7.08. The lowest BCUT2D eigenvalue weighted by Gasteiger charge is -2.17. The van der Waals surface area contributed by atoms with Gasteiger partial charge in [0.1, 0.15) is 17.6 Å². The Balaban J connectivity index is 1.63. The molecule has 3 rings (SSSR count). The van der Waals surface area contributed by atoms with Gasteiger partial charge in [-0.05, 0) is 24.4 Å². The van der Waals surface area contributed by atoms with E-state index in [0.717, 1.165) is 0 Å². The first-order valence-corrected chi connectivity index (χ1v) is 11.0. The molecule has 0 radical (unpaired) electrons. The van der Waals surface area contributed by atoms with E-state index in [0.29, 0.717) is 24.0 Å². The molecule has 0 saturated carbocycles. The number of rotatable bonds is 6. The molecule has 3 heterocycles. The summed E-state index contributed by atoms with van der Waals surface area (Å²) in [4.78, 5) is 39.2. The quantitative estimate of drug-likeness (QED) is 0.357. The Morgan fingerprint density at radius 3 is 2.88 bits per heavy atom. The predicted molar refractivity (Wildman–Crippen MR) is 90.5 cm³/mol. The second-order valence-electron chi connectivity index (χ2n) is 5.35. The predicted octanol–water partition coefficient (Wildman–Crippen LogP) is 2.27. The van der Waals surface area contributed by atoms with E-state index in [1.54, 1.807) is 4.57 Å². The van der Waals surface area contributed by atoms with Crippen LogP contribution < -0.4 is 0 Å². The van der Waals surface area contributed by atoms with Crippen molar-refractivity contribution in [2.75, 3.05) is 12.5 Å². The Morgan fingerprint density at radius 2 is 2.16 bits per heavy atom. The van der Waals surface area contributed by atoms with Crippen LogP contribution in [0.15, 0.2) is 6.33 Å². The second-order valence-corrected chi connectivity index (χ2v) is 9.47. The number of hydrogen-bond acceptors (Lipinski definition) is 7. The van der Waals surface area contributed by atoms with E-state index in [2.05, 4.69) is 15.0 Å². The van der Waals surface area contributed by atoms with Gasteiger partial charge in [0.2, 0.25) is 5.28 Å². The lowest BCUT2D eigenvalue weighted by atomic mass is 10.2. The van der Waals surface area contributed by atoms with Crippen molar-refractivity contribution in [2.45, 2.75) is 25.2 Å². The average Bonchev–Trinajstić information content (AvgIpc) is 3.09. The summed E-state index contributed by atoms with van der Waals surface area (Å²) in [6, 6.07) is 0. The molecule has 0 amide bonds. The van der Waals surface area contributed by atoms with Gasteiger partial charge in [-0.3, -0.25) is 9.13 Å². The van der Waals surface area contributed by atoms with Crippen molar-refractivity contribution in [2.24, 2.45) is 0 Å². The lowest BCUT2D eigenvalue weighted by Crippen LogP contribution is -2.16. The summed E-state index contributed by atoms with van der Waals surface area (Å²) in [5.41, 5.74) is 0.859. The summed E-state index contributed by atoms with van der Waals surface area (Å²) in [5.74, 6) is -0.696. The van der Waals surface area contributed by atoms with Gasteiger partial charge in [0, 0.05) is 0 Å². The molecule has 0 aliphatic carbocycles. The number of fused-ring (bicyclic) bond motifs is 1. The third-order valence-corrected chi connectivity index (χ3v) is 6.78. The van der Waals surface area contributed by atoms with Crippen LogP contribution in [0.25, 0.3) is 11.2 Å². The summed E-state index contributed by atoms with van der Waals surface area (Å²) < 4.78 is 23.4. The van der Waals surface area contributed by atoms with E-state index in [4.69, 9.17) is 42.2 Å². The van der Waals surface area contributed by atoms with Gasteiger partial charge >= 0.3 is 7.60 Å². The number of imidazole rings is 1. The van der Waals surface area contributed by atoms with Gasteiger partial charge in [0.05, 0.1) is 19.0 Å². The molecule has 2 aromatic heterocycles. The fraction of sp³-hybridized carbons (Fsp3) is 0.545. The minimum atomic E-state index is -4.31. The molecule has 1 aliphatic heterocycles. The van der Waals surface area contributed by atoms with Gasteiger partial charge < -0.3 is 23.9 Å². The summed E-state index contributed by atoms with van der Waals surface area (Å²) in [5, 5.41) is 0.149. The van der Waals surface area contributed by atoms with E-state index in [-0.39, 0.29) is 29.4 Å². The van der Waals surface area contributed by atoms with Gasteiger partial charge in [0.15, 0.2) is 19.2 Å². The highest BCUT2D eigenvalue weighted by Crippen LogP contribution is 2.49. The van der Waals surface area contributed by atoms with Crippen LogP contribution >= 0.6 is 39.2 Å².